The summed E-state index contributed by atoms with van der Waals surface area (Å²) in [4.78, 5) is 34.3. The number of nitrogens with zero attached hydrogens (tertiary/aromatic N) is 2. The minimum atomic E-state index is -0.526. The summed E-state index contributed by atoms with van der Waals surface area (Å²) in [6, 6.07) is 13.0. The summed E-state index contributed by atoms with van der Waals surface area (Å²) in [5.74, 6) is 1.27. The number of rotatable bonds is 7. The van der Waals surface area contributed by atoms with Gasteiger partial charge in [-0.25, -0.2) is 0 Å². The number of benzene rings is 2. The van der Waals surface area contributed by atoms with Gasteiger partial charge in [0, 0.05) is 29.6 Å². The van der Waals surface area contributed by atoms with Crippen LogP contribution in [0.4, 0.5) is 0 Å². The normalized spacial score (nSPS) is 19.8. The number of H-pyrrole nitrogens is 1. The molecular formula is C28H33N3O4. The Hall–Kier alpha value is -3.48. The van der Waals surface area contributed by atoms with Crippen molar-refractivity contribution >= 4 is 22.7 Å². The molecule has 2 aromatic carbocycles. The van der Waals surface area contributed by atoms with Crippen LogP contribution in [0, 0.1) is 0 Å². The quantitative estimate of drug-likeness (QED) is 0.548. The number of para-hydroxylation sites is 1. The molecule has 1 fully saturated rings. The molecule has 184 valence electrons. The number of hydrogen-bond acceptors (Lipinski definition) is 4. The molecule has 3 aromatic rings. The summed E-state index contributed by atoms with van der Waals surface area (Å²) in [5.41, 5.74) is 3.97. The molecule has 0 aliphatic carbocycles. The monoisotopic (exact) mass is 475 g/mol. The van der Waals surface area contributed by atoms with Gasteiger partial charge in [-0.15, -0.1) is 0 Å². The van der Waals surface area contributed by atoms with E-state index in [0.717, 1.165) is 40.6 Å². The van der Waals surface area contributed by atoms with Gasteiger partial charge >= 0.3 is 0 Å². The summed E-state index contributed by atoms with van der Waals surface area (Å²) in [6.45, 7) is 6.77. The molecule has 2 unspecified atom stereocenters. The van der Waals surface area contributed by atoms with E-state index < -0.39 is 12.1 Å². The SMILES string of the molecule is CCCCN1CC(=O)N2C(Cc3c([nH]c4ccccc34)C2c2ccc(OC(C)C)c(OC)c2)C1=O. The third-order valence-corrected chi connectivity index (χ3v) is 6.99. The van der Waals surface area contributed by atoms with E-state index in [1.807, 2.05) is 50.2 Å². The van der Waals surface area contributed by atoms with E-state index in [1.165, 1.54) is 0 Å². The highest BCUT2D eigenvalue weighted by Crippen LogP contribution is 2.44. The second kappa shape index (κ2) is 9.29. The van der Waals surface area contributed by atoms with Crippen LogP contribution in [0.3, 0.4) is 0 Å². The Bertz CT molecular complexity index is 1260. The molecule has 0 radical (unpaired) electrons. The molecular weight excluding hydrogens is 442 g/mol. The topological polar surface area (TPSA) is 74.9 Å². The zero-order valence-corrected chi connectivity index (χ0v) is 20.8. The number of amides is 2. The van der Waals surface area contributed by atoms with E-state index >= 15 is 0 Å². The van der Waals surface area contributed by atoms with Crippen molar-refractivity contribution in [2.24, 2.45) is 0 Å². The lowest BCUT2D eigenvalue weighted by molar-refractivity contribution is -0.158. The molecule has 2 amide bonds. The molecule has 3 heterocycles. The lowest BCUT2D eigenvalue weighted by atomic mass is 9.86. The highest BCUT2D eigenvalue weighted by atomic mass is 16.5. The predicted molar refractivity (Wildman–Crippen MR) is 135 cm³/mol. The van der Waals surface area contributed by atoms with E-state index in [2.05, 4.69) is 18.0 Å². The molecule has 2 atom stereocenters. The zero-order valence-electron chi connectivity index (χ0n) is 20.8. The van der Waals surface area contributed by atoms with Gasteiger partial charge in [-0.1, -0.05) is 37.6 Å². The predicted octanol–water partition coefficient (Wildman–Crippen LogP) is 4.45. The smallest absolute Gasteiger partial charge is 0.246 e. The molecule has 2 aliphatic heterocycles. The van der Waals surface area contributed by atoms with Gasteiger partial charge in [0.2, 0.25) is 11.8 Å². The Morgan fingerprint density at radius 2 is 1.91 bits per heavy atom. The highest BCUT2D eigenvalue weighted by Gasteiger charge is 2.48. The zero-order chi connectivity index (χ0) is 24.7. The summed E-state index contributed by atoms with van der Waals surface area (Å²) >= 11 is 0. The number of carbonyl (C=O) groups is 2. The molecule has 2 aliphatic rings. The van der Waals surface area contributed by atoms with Crippen molar-refractivity contribution in [3.05, 3.63) is 59.3 Å². The fraction of sp³-hybridized carbons (Fsp3) is 0.429. The third-order valence-electron chi connectivity index (χ3n) is 6.99. The lowest BCUT2D eigenvalue weighted by Crippen LogP contribution is -2.63. The number of hydrogen-bond donors (Lipinski definition) is 1. The van der Waals surface area contributed by atoms with Crippen molar-refractivity contribution in [1.29, 1.82) is 0 Å². The van der Waals surface area contributed by atoms with Gasteiger partial charge in [-0.2, -0.15) is 0 Å². The highest BCUT2D eigenvalue weighted by molar-refractivity contribution is 5.97. The molecule has 0 spiro atoms. The first kappa shape index (κ1) is 23.3. The van der Waals surface area contributed by atoms with Gasteiger partial charge < -0.3 is 24.3 Å². The minimum absolute atomic E-state index is 0.00418. The Morgan fingerprint density at radius 3 is 2.66 bits per heavy atom. The van der Waals surface area contributed by atoms with E-state index in [9.17, 15) is 9.59 Å². The number of aromatic amines is 1. The first-order chi connectivity index (χ1) is 16.9. The summed E-state index contributed by atoms with van der Waals surface area (Å²) in [6.07, 6.45) is 2.38. The van der Waals surface area contributed by atoms with E-state index in [0.29, 0.717) is 24.5 Å². The first-order valence-corrected chi connectivity index (χ1v) is 12.5. The number of carbonyl (C=O) groups excluding carboxylic acids is 2. The summed E-state index contributed by atoms with van der Waals surface area (Å²) in [5, 5.41) is 1.10. The van der Waals surface area contributed by atoms with Crippen molar-refractivity contribution in [3.8, 4) is 11.5 Å². The van der Waals surface area contributed by atoms with Crippen molar-refractivity contribution in [2.75, 3.05) is 20.2 Å². The number of unbranched alkanes of at least 4 members (excludes halogenated alkanes) is 1. The maximum Gasteiger partial charge on any atom is 0.246 e. The van der Waals surface area contributed by atoms with Crippen molar-refractivity contribution < 1.29 is 19.1 Å². The van der Waals surface area contributed by atoms with Crippen LogP contribution in [0.2, 0.25) is 0 Å². The molecule has 0 bridgehead atoms. The minimum Gasteiger partial charge on any atom is -0.493 e. The van der Waals surface area contributed by atoms with Crippen LogP contribution < -0.4 is 9.47 Å². The molecule has 0 saturated carbocycles. The molecule has 7 heteroatoms. The maximum atomic E-state index is 13.6. The molecule has 5 rings (SSSR count). The van der Waals surface area contributed by atoms with Crippen LogP contribution in [0.1, 0.15) is 56.5 Å². The van der Waals surface area contributed by atoms with Gasteiger partial charge in [0.05, 0.1) is 25.8 Å². The van der Waals surface area contributed by atoms with E-state index in [4.69, 9.17) is 9.47 Å². The molecule has 1 N–H and O–H groups in total. The Balaban J connectivity index is 1.65. The number of piperazine rings is 1. The maximum absolute atomic E-state index is 13.6. The van der Waals surface area contributed by atoms with Crippen LogP contribution in [-0.4, -0.2) is 58.9 Å². The first-order valence-electron chi connectivity index (χ1n) is 12.5. The van der Waals surface area contributed by atoms with Gasteiger partial charge in [-0.05, 0) is 49.6 Å². The Kier molecular flexibility index (Phi) is 6.17. The third kappa shape index (κ3) is 4.03. The summed E-state index contributed by atoms with van der Waals surface area (Å²) < 4.78 is 11.6. The second-order valence-corrected chi connectivity index (χ2v) is 9.68. The van der Waals surface area contributed by atoms with Crippen LogP contribution in [0.25, 0.3) is 10.9 Å². The molecule has 35 heavy (non-hydrogen) atoms. The van der Waals surface area contributed by atoms with Crippen molar-refractivity contribution in [2.45, 2.75) is 58.2 Å². The number of methoxy groups -OCH3 is 1. The number of fused-ring (bicyclic) bond motifs is 4. The summed E-state index contributed by atoms with van der Waals surface area (Å²) in [7, 11) is 1.62. The van der Waals surface area contributed by atoms with Gasteiger partial charge in [0.1, 0.15) is 6.04 Å². The van der Waals surface area contributed by atoms with Crippen molar-refractivity contribution in [3.63, 3.8) is 0 Å². The van der Waals surface area contributed by atoms with E-state index in [-0.39, 0.29) is 24.5 Å². The van der Waals surface area contributed by atoms with E-state index in [1.54, 1.807) is 16.9 Å². The van der Waals surface area contributed by atoms with Gasteiger partial charge in [0.25, 0.3) is 0 Å². The Labute approximate surface area is 206 Å². The van der Waals surface area contributed by atoms with Gasteiger partial charge in [-0.3, -0.25) is 9.59 Å². The number of ether oxygens (including phenoxy) is 2. The lowest BCUT2D eigenvalue weighted by Gasteiger charge is -2.47. The van der Waals surface area contributed by atoms with Crippen LogP contribution in [0.15, 0.2) is 42.5 Å². The van der Waals surface area contributed by atoms with Crippen LogP contribution >= 0.6 is 0 Å². The standard InChI is InChI=1S/C28H33N3O4/c1-5-6-13-30-16-25(32)31-22(28(30)33)15-20-19-9-7-8-10-21(19)29-26(20)27(31)18-11-12-23(35-17(2)3)24(14-18)34-4/h7-12,14,17,22,27,29H,5-6,13,15-16H2,1-4H3. The van der Waals surface area contributed by atoms with Gasteiger partial charge in [0.15, 0.2) is 11.5 Å². The molecule has 7 nitrogen and oxygen atoms in total. The molecule has 1 aromatic heterocycles. The fourth-order valence-electron chi connectivity index (χ4n) is 5.41. The second-order valence-electron chi connectivity index (χ2n) is 9.68. The molecule has 1 saturated heterocycles. The Morgan fingerprint density at radius 1 is 1.11 bits per heavy atom. The average Bonchev–Trinajstić information content (AvgIpc) is 3.22. The number of nitrogens with one attached hydrogen (secondary N) is 1. The van der Waals surface area contributed by atoms with Crippen molar-refractivity contribution in [1.82, 2.24) is 14.8 Å². The average molecular weight is 476 g/mol. The largest absolute Gasteiger partial charge is 0.493 e. The van der Waals surface area contributed by atoms with Crippen LogP contribution in [0.5, 0.6) is 11.5 Å². The van der Waals surface area contributed by atoms with Crippen LogP contribution in [-0.2, 0) is 16.0 Å². The fourth-order valence-corrected chi connectivity index (χ4v) is 5.41. The number of aromatic nitrogens is 1.